The van der Waals surface area contributed by atoms with Crippen molar-refractivity contribution in [2.45, 2.75) is 13.5 Å². The molecule has 0 aromatic heterocycles. The first-order chi connectivity index (χ1) is 10.0. The molecule has 0 heterocycles. The minimum atomic E-state index is -1.09. The molecule has 0 saturated heterocycles. The molecule has 0 saturated carbocycles. The van der Waals surface area contributed by atoms with Crippen LogP contribution in [-0.4, -0.2) is 6.54 Å². The average molecular weight is 360 g/mol. The lowest BCUT2D eigenvalue weighted by atomic mass is 10.2. The second-order valence-electron chi connectivity index (χ2n) is 4.33. The van der Waals surface area contributed by atoms with Gasteiger partial charge in [0.15, 0.2) is 11.6 Å². The number of ether oxygens (including phenoxy) is 1. The molecular weight excluding hydrogens is 347 g/mol. The van der Waals surface area contributed by atoms with Crippen molar-refractivity contribution in [2.24, 2.45) is 0 Å². The van der Waals surface area contributed by atoms with Crippen molar-refractivity contribution < 1.29 is 17.9 Å². The van der Waals surface area contributed by atoms with Crippen molar-refractivity contribution in [3.05, 3.63) is 57.8 Å². The van der Waals surface area contributed by atoms with E-state index in [-0.39, 0.29) is 11.5 Å². The van der Waals surface area contributed by atoms with Gasteiger partial charge in [0.1, 0.15) is 11.6 Å². The van der Waals surface area contributed by atoms with Crippen LogP contribution in [0.4, 0.5) is 13.2 Å². The molecule has 6 heteroatoms. The van der Waals surface area contributed by atoms with Gasteiger partial charge >= 0.3 is 0 Å². The van der Waals surface area contributed by atoms with Gasteiger partial charge in [-0.15, -0.1) is 0 Å². The van der Waals surface area contributed by atoms with E-state index in [4.69, 9.17) is 4.74 Å². The SMILES string of the molecule is CCNCc1cc(F)ccc1Oc1cc(Br)cc(F)c1F. The first-order valence-corrected chi connectivity index (χ1v) is 7.12. The molecule has 0 bridgehead atoms. The molecule has 0 fully saturated rings. The number of benzene rings is 2. The Hall–Kier alpha value is -1.53. The topological polar surface area (TPSA) is 21.3 Å². The van der Waals surface area contributed by atoms with Crippen molar-refractivity contribution in [1.82, 2.24) is 5.32 Å². The Labute approximate surface area is 129 Å². The van der Waals surface area contributed by atoms with Crippen molar-refractivity contribution in [3.63, 3.8) is 0 Å². The Bertz CT molecular complexity index is 649. The van der Waals surface area contributed by atoms with E-state index >= 15 is 0 Å². The molecule has 0 radical (unpaired) electrons. The van der Waals surface area contributed by atoms with Gasteiger partial charge in [-0.05, 0) is 36.9 Å². The first-order valence-electron chi connectivity index (χ1n) is 6.32. The Morgan fingerprint density at radius 3 is 2.57 bits per heavy atom. The Morgan fingerprint density at radius 1 is 1.10 bits per heavy atom. The van der Waals surface area contributed by atoms with Gasteiger partial charge in [0.05, 0.1) is 0 Å². The maximum atomic E-state index is 13.7. The maximum Gasteiger partial charge on any atom is 0.201 e. The van der Waals surface area contributed by atoms with Gasteiger partial charge in [-0.3, -0.25) is 0 Å². The minimum absolute atomic E-state index is 0.258. The second kappa shape index (κ2) is 6.95. The number of hydrogen-bond donors (Lipinski definition) is 1. The van der Waals surface area contributed by atoms with Gasteiger partial charge in [0, 0.05) is 16.6 Å². The molecule has 0 unspecified atom stereocenters. The summed E-state index contributed by atoms with van der Waals surface area (Å²) in [6.07, 6.45) is 0. The van der Waals surface area contributed by atoms with E-state index in [1.165, 1.54) is 24.3 Å². The van der Waals surface area contributed by atoms with Gasteiger partial charge in [-0.2, -0.15) is 4.39 Å². The van der Waals surface area contributed by atoms with E-state index in [1.807, 2.05) is 6.92 Å². The normalized spacial score (nSPS) is 10.7. The number of nitrogens with one attached hydrogen (secondary N) is 1. The zero-order valence-electron chi connectivity index (χ0n) is 11.2. The van der Waals surface area contributed by atoms with Gasteiger partial charge in [0.2, 0.25) is 5.82 Å². The fourth-order valence-corrected chi connectivity index (χ4v) is 2.18. The largest absolute Gasteiger partial charge is 0.454 e. The second-order valence-corrected chi connectivity index (χ2v) is 5.25. The van der Waals surface area contributed by atoms with Gasteiger partial charge in [0.25, 0.3) is 0 Å². The summed E-state index contributed by atoms with van der Waals surface area (Å²) in [7, 11) is 0. The third-order valence-electron chi connectivity index (χ3n) is 2.77. The van der Waals surface area contributed by atoms with Gasteiger partial charge in [-0.1, -0.05) is 22.9 Å². The Balaban J connectivity index is 2.35. The molecular formula is C15H13BrF3NO. The molecule has 0 spiro atoms. The Morgan fingerprint density at radius 2 is 1.86 bits per heavy atom. The molecule has 2 nitrogen and oxygen atoms in total. The van der Waals surface area contributed by atoms with E-state index in [0.29, 0.717) is 23.1 Å². The van der Waals surface area contributed by atoms with Crippen LogP contribution in [0.25, 0.3) is 0 Å². The van der Waals surface area contributed by atoms with E-state index in [0.717, 1.165) is 6.07 Å². The van der Waals surface area contributed by atoms with Crippen molar-refractivity contribution >= 4 is 15.9 Å². The molecule has 0 atom stereocenters. The summed E-state index contributed by atoms with van der Waals surface area (Å²) < 4.78 is 46.1. The number of halogens is 4. The highest BCUT2D eigenvalue weighted by Gasteiger charge is 2.14. The zero-order chi connectivity index (χ0) is 15.4. The molecule has 2 aromatic carbocycles. The predicted octanol–water partition coefficient (Wildman–Crippen LogP) is 4.77. The molecule has 2 aromatic rings. The molecule has 21 heavy (non-hydrogen) atoms. The quantitative estimate of drug-likeness (QED) is 0.776. The van der Waals surface area contributed by atoms with E-state index in [1.54, 1.807) is 0 Å². The maximum absolute atomic E-state index is 13.7. The molecule has 0 aliphatic rings. The lowest BCUT2D eigenvalue weighted by Gasteiger charge is -2.13. The van der Waals surface area contributed by atoms with Crippen LogP contribution in [0.5, 0.6) is 11.5 Å². The third-order valence-corrected chi connectivity index (χ3v) is 3.23. The van der Waals surface area contributed by atoms with Crippen LogP contribution >= 0.6 is 15.9 Å². The van der Waals surface area contributed by atoms with Crippen molar-refractivity contribution in [1.29, 1.82) is 0 Å². The summed E-state index contributed by atoms with van der Waals surface area (Å²) in [5.41, 5.74) is 0.525. The third kappa shape index (κ3) is 3.98. The lowest BCUT2D eigenvalue weighted by Crippen LogP contribution is -2.12. The molecule has 0 amide bonds. The highest BCUT2D eigenvalue weighted by molar-refractivity contribution is 9.10. The smallest absolute Gasteiger partial charge is 0.201 e. The summed E-state index contributed by atoms with van der Waals surface area (Å²) in [4.78, 5) is 0. The molecule has 2 rings (SSSR count). The van der Waals surface area contributed by atoms with Crippen LogP contribution in [0.2, 0.25) is 0 Å². The standard InChI is InChI=1S/C15H13BrF3NO/c1-2-20-8-9-5-11(17)3-4-13(9)21-14-7-10(16)6-12(18)15(14)19/h3-7,20H,2,8H2,1H3. The summed E-state index contributed by atoms with van der Waals surface area (Å²) in [5.74, 6) is -2.51. The van der Waals surface area contributed by atoms with Crippen molar-refractivity contribution in [2.75, 3.05) is 6.54 Å². The number of rotatable bonds is 5. The van der Waals surface area contributed by atoms with E-state index in [9.17, 15) is 13.2 Å². The highest BCUT2D eigenvalue weighted by atomic mass is 79.9. The molecule has 112 valence electrons. The van der Waals surface area contributed by atoms with Crippen LogP contribution in [0.15, 0.2) is 34.8 Å². The zero-order valence-corrected chi connectivity index (χ0v) is 12.8. The summed E-state index contributed by atoms with van der Waals surface area (Å²) in [6, 6.07) is 6.22. The lowest BCUT2D eigenvalue weighted by molar-refractivity contribution is 0.410. The van der Waals surface area contributed by atoms with E-state index < -0.39 is 17.5 Å². The van der Waals surface area contributed by atoms with E-state index in [2.05, 4.69) is 21.2 Å². The first kappa shape index (κ1) is 15.9. The predicted molar refractivity (Wildman–Crippen MR) is 77.9 cm³/mol. The van der Waals surface area contributed by atoms with Crippen LogP contribution in [0, 0.1) is 17.5 Å². The Kier molecular flexibility index (Phi) is 5.25. The fourth-order valence-electron chi connectivity index (χ4n) is 1.77. The van der Waals surface area contributed by atoms with Crippen LogP contribution < -0.4 is 10.1 Å². The van der Waals surface area contributed by atoms with Crippen LogP contribution in [0.3, 0.4) is 0 Å². The summed E-state index contributed by atoms with van der Waals surface area (Å²) >= 11 is 3.07. The molecule has 1 N–H and O–H groups in total. The molecule has 0 aliphatic heterocycles. The summed E-state index contributed by atoms with van der Waals surface area (Å²) in [5, 5.41) is 3.03. The minimum Gasteiger partial charge on any atom is -0.454 e. The van der Waals surface area contributed by atoms with Gasteiger partial charge < -0.3 is 10.1 Å². The van der Waals surface area contributed by atoms with Gasteiger partial charge in [-0.25, -0.2) is 8.78 Å². The van der Waals surface area contributed by atoms with Crippen molar-refractivity contribution in [3.8, 4) is 11.5 Å². The fraction of sp³-hybridized carbons (Fsp3) is 0.200. The average Bonchev–Trinajstić information content (AvgIpc) is 2.44. The number of hydrogen-bond acceptors (Lipinski definition) is 2. The molecule has 0 aliphatic carbocycles. The highest BCUT2D eigenvalue weighted by Crippen LogP contribution is 2.31. The van der Waals surface area contributed by atoms with Crippen LogP contribution in [0.1, 0.15) is 12.5 Å². The van der Waals surface area contributed by atoms with Crippen LogP contribution in [-0.2, 0) is 6.54 Å². The monoisotopic (exact) mass is 359 g/mol. The summed E-state index contributed by atoms with van der Waals surface area (Å²) in [6.45, 7) is 2.96.